The van der Waals surface area contributed by atoms with E-state index in [9.17, 15) is 9.59 Å². The number of carbonyl (C=O) groups excluding carboxylic acids is 1. The fraction of sp³-hybridized carbons (Fsp3) is 0.529. The lowest BCUT2D eigenvalue weighted by Crippen LogP contribution is -2.36. The van der Waals surface area contributed by atoms with Gasteiger partial charge < -0.3 is 14.5 Å². The summed E-state index contributed by atoms with van der Waals surface area (Å²) in [5, 5.41) is 0. The molecule has 0 saturated heterocycles. The van der Waals surface area contributed by atoms with E-state index in [2.05, 4.69) is 19.5 Å². The van der Waals surface area contributed by atoms with Crippen LogP contribution in [0.5, 0.6) is 0 Å². The molecule has 126 valence electrons. The topological polar surface area (TPSA) is 83.9 Å². The van der Waals surface area contributed by atoms with Crippen molar-refractivity contribution in [2.45, 2.75) is 38.1 Å². The van der Waals surface area contributed by atoms with E-state index in [0.717, 1.165) is 38.1 Å². The van der Waals surface area contributed by atoms with Crippen LogP contribution in [0.1, 0.15) is 47.3 Å². The molecule has 1 N–H and O–H groups in total. The summed E-state index contributed by atoms with van der Waals surface area (Å²) < 4.78 is 2.17. The maximum absolute atomic E-state index is 12.7. The summed E-state index contributed by atoms with van der Waals surface area (Å²) in [7, 11) is 1.78. The summed E-state index contributed by atoms with van der Waals surface area (Å²) in [4.78, 5) is 37.6. The highest BCUT2D eigenvalue weighted by molar-refractivity contribution is 5.92. The van der Waals surface area contributed by atoms with E-state index in [1.54, 1.807) is 11.9 Å². The van der Waals surface area contributed by atoms with Gasteiger partial charge in [0.05, 0.1) is 0 Å². The molecule has 0 spiro atoms. The van der Waals surface area contributed by atoms with Crippen molar-refractivity contribution in [3.8, 4) is 0 Å². The molecule has 7 heteroatoms. The fourth-order valence-corrected chi connectivity index (χ4v) is 3.37. The number of imidazole rings is 1. The molecule has 4 rings (SSSR count). The first-order chi connectivity index (χ1) is 11.6. The highest BCUT2D eigenvalue weighted by atomic mass is 16.2. The van der Waals surface area contributed by atoms with Gasteiger partial charge in [-0.25, -0.2) is 9.97 Å². The number of fused-ring (bicyclic) bond motifs is 1. The van der Waals surface area contributed by atoms with Crippen LogP contribution < -0.4 is 5.56 Å². The van der Waals surface area contributed by atoms with Crippen LogP contribution in [0, 0.1) is 5.92 Å². The monoisotopic (exact) mass is 327 g/mol. The maximum atomic E-state index is 12.7. The number of nitrogens with one attached hydrogen (secondary N) is 1. The molecule has 1 saturated carbocycles. The van der Waals surface area contributed by atoms with Crippen LogP contribution in [0.3, 0.4) is 0 Å². The second-order valence-corrected chi connectivity index (χ2v) is 6.87. The number of nitrogens with zero attached hydrogens (tertiary/aromatic N) is 4. The Hall–Kier alpha value is -2.44. The van der Waals surface area contributed by atoms with Gasteiger partial charge in [0.25, 0.3) is 11.5 Å². The molecule has 24 heavy (non-hydrogen) atoms. The second kappa shape index (κ2) is 5.89. The van der Waals surface area contributed by atoms with E-state index in [1.807, 2.05) is 12.4 Å². The van der Waals surface area contributed by atoms with Gasteiger partial charge in [0.1, 0.15) is 17.3 Å². The second-order valence-electron chi connectivity index (χ2n) is 6.87. The van der Waals surface area contributed by atoms with E-state index in [-0.39, 0.29) is 17.2 Å². The molecule has 1 fully saturated rings. The van der Waals surface area contributed by atoms with Crippen molar-refractivity contribution in [2.75, 3.05) is 13.6 Å². The van der Waals surface area contributed by atoms with Crippen molar-refractivity contribution in [3.63, 3.8) is 0 Å². The average molecular weight is 327 g/mol. The molecule has 0 radical (unpaired) electrons. The van der Waals surface area contributed by atoms with Crippen molar-refractivity contribution >= 4 is 5.91 Å². The number of rotatable bonds is 4. The molecule has 1 atom stereocenters. The summed E-state index contributed by atoms with van der Waals surface area (Å²) in [5.41, 5.74) is 0.00352. The zero-order chi connectivity index (χ0) is 16.7. The standard InChI is InChI=1S/C17H21N5O2/c1-21(10-11-4-6-22-7-5-18-14(22)8-11)17(24)13-9-15(23)20-16(19-13)12-2-3-12/h5,7,9,11-12H,2-4,6,8,10H2,1H3,(H,19,20,23). The van der Waals surface area contributed by atoms with Crippen LogP contribution in [0.4, 0.5) is 0 Å². The van der Waals surface area contributed by atoms with Crippen molar-refractivity contribution < 1.29 is 4.79 Å². The Bertz CT molecular complexity index is 820. The van der Waals surface area contributed by atoms with Crippen LogP contribution in [-0.4, -0.2) is 43.9 Å². The molecule has 1 aliphatic heterocycles. The molecule has 3 heterocycles. The van der Waals surface area contributed by atoms with Crippen LogP contribution in [0.25, 0.3) is 0 Å². The van der Waals surface area contributed by atoms with E-state index < -0.39 is 0 Å². The molecule has 2 aromatic rings. The Morgan fingerprint density at radius 3 is 3.04 bits per heavy atom. The normalized spacial score (nSPS) is 19.8. The van der Waals surface area contributed by atoms with Gasteiger partial charge in [-0.3, -0.25) is 9.59 Å². The number of hydrogen-bond acceptors (Lipinski definition) is 4. The van der Waals surface area contributed by atoms with Gasteiger partial charge >= 0.3 is 0 Å². The minimum absolute atomic E-state index is 0.183. The maximum Gasteiger partial charge on any atom is 0.272 e. The lowest BCUT2D eigenvalue weighted by molar-refractivity contribution is 0.0757. The van der Waals surface area contributed by atoms with Gasteiger partial charge in [0.15, 0.2) is 0 Å². The van der Waals surface area contributed by atoms with Crippen LogP contribution >= 0.6 is 0 Å². The van der Waals surface area contributed by atoms with Crippen LogP contribution in [-0.2, 0) is 13.0 Å². The summed E-state index contributed by atoms with van der Waals surface area (Å²) in [6.45, 7) is 1.59. The summed E-state index contributed by atoms with van der Waals surface area (Å²) in [6, 6.07) is 1.30. The van der Waals surface area contributed by atoms with Crippen molar-refractivity contribution in [3.05, 3.63) is 46.2 Å². The lowest BCUT2D eigenvalue weighted by Gasteiger charge is -2.27. The average Bonchev–Trinajstić information content (AvgIpc) is 3.32. The Morgan fingerprint density at radius 2 is 2.25 bits per heavy atom. The molecule has 2 aromatic heterocycles. The highest BCUT2D eigenvalue weighted by Gasteiger charge is 2.28. The minimum atomic E-state index is -0.247. The van der Waals surface area contributed by atoms with Crippen LogP contribution in [0.15, 0.2) is 23.3 Å². The number of aromatic nitrogens is 4. The molecule has 1 unspecified atom stereocenters. The number of hydrogen-bond donors (Lipinski definition) is 1. The Balaban J connectivity index is 1.45. The van der Waals surface area contributed by atoms with E-state index >= 15 is 0 Å². The lowest BCUT2D eigenvalue weighted by atomic mass is 9.97. The molecule has 0 bridgehead atoms. The number of carbonyl (C=O) groups is 1. The highest BCUT2D eigenvalue weighted by Crippen LogP contribution is 2.37. The Morgan fingerprint density at radius 1 is 1.42 bits per heavy atom. The first-order valence-corrected chi connectivity index (χ1v) is 8.47. The summed E-state index contributed by atoms with van der Waals surface area (Å²) >= 11 is 0. The fourth-order valence-electron chi connectivity index (χ4n) is 3.37. The van der Waals surface area contributed by atoms with Gasteiger partial charge in [-0.1, -0.05) is 0 Å². The van der Waals surface area contributed by atoms with Crippen molar-refractivity contribution in [2.24, 2.45) is 5.92 Å². The smallest absolute Gasteiger partial charge is 0.272 e. The largest absolute Gasteiger partial charge is 0.340 e. The van der Waals surface area contributed by atoms with E-state index in [1.165, 1.54) is 6.07 Å². The predicted octanol–water partition coefficient (Wildman–Crippen LogP) is 1.18. The zero-order valence-electron chi connectivity index (χ0n) is 13.7. The molecular weight excluding hydrogens is 306 g/mol. The molecule has 0 aromatic carbocycles. The molecule has 2 aliphatic rings. The van der Waals surface area contributed by atoms with E-state index in [4.69, 9.17) is 0 Å². The van der Waals surface area contributed by atoms with Crippen molar-refractivity contribution in [1.82, 2.24) is 24.4 Å². The first kappa shape index (κ1) is 15.1. The van der Waals surface area contributed by atoms with Gasteiger partial charge in [-0.2, -0.15) is 0 Å². The number of aromatic amines is 1. The van der Waals surface area contributed by atoms with Gasteiger partial charge in [-0.15, -0.1) is 0 Å². The van der Waals surface area contributed by atoms with E-state index in [0.29, 0.717) is 24.2 Å². The molecule has 1 amide bonds. The summed E-state index contributed by atoms with van der Waals surface area (Å²) in [6.07, 6.45) is 7.79. The molecule has 7 nitrogen and oxygen atoms in total. The Labute approximate surface area is 139 Å². The SMILES string of the molecule is CN(CC1CCn2ccnc2C1)C(=O)c1cc(=O)[nH]c(C2CC2)n1. The Kier molecular flexibility index (Phi) is 3.70. The first-order valence-electron chi connectivity index (χ1n) is 8.47. The van der Waals surface area contributed by atoms with Gasteiger partial charge in [0.2, 0.25) is 0 Å². The predicted molar refractivity (Wildman–Crippen MR) is 87.8 cm³/mol. The van der Waals surface area contributed by atoms with Crippen LogP contribution in [0.2, 0.25) is 0 Å². The molecule has 1 aliphatic carbocycles. The number of aryl methyl sites for hydroxylation is 1. The quantitative estimate of drug-likeness (QED) is 0.914. The van der Waals surface area contributed by atoms with Crippen molar-refractivity contribution in [1.29, 1.82) is 0 Å². The third-order valence-electron chi connectivity index (χ3n) is 4.87. The minimum Gasteiger partial charge on any atom is -0.340 e. The molecular formula is C17H21N5O2. The third kappa shape index (κ3) is 2.98. The zero-order valence-corrected chi connectivity index (χ0v) is 13.7. The third-order valence-corrected chi connectivity index (χ3v) is 4.87. The van der Waals surface area contributed by atoms with Gasteiger partial charge in [-0.05, 0) is 25.2 Å². The summed E-state index contributed by atoms with van der Waals surface area (Å²) in [5.74, 6) is 2.25. The number of amides is 1. The van der Waals surface area contributed by atoms with Gasteiger partial charge in [0, 0.05) is 50.9 Å². The number of H-pyrrole nitrogens is 1.